The standard InChI is InChI=1S/C14H12N4O3S/c1-7-9-11(18-8-4-3-5-15-12(8)19)16-6-17-13(9)22-10(7)14(20)21-2/h3-6H,1-2H3,(H,15,19)(H,16,17,18). The van der Waals surface area contributed by atoms with Crippen molar-refractivity contribution in [2.45, 2.75) is 6.92 Å². The topological polar surface area (TPSA) is 97.2 Å². The maximum Gasteiger partial charge on any atom is 0.348 e. The Hall–Kier alpha value is -2.74. The molecule has 0 aromatic carbocycles. The van der Waals surface area contributed by atoms with E-state index >= 15 is 0 Å². The van der Waals surface area contributed by atoms with Gasteiger partial charge in [-0.2, -0.15) is 0 Å². The number of hydrogen-bond donors (Lipinski definition) is 2. The molecule has 0 radical (unpaired) electrons. The number of nitrogens with zero attached hydrogens (tertiary/aromatic N) is 3. The molecule has 0 amide bonds. The molecular formula is C14H12N4O3S. The van der Waals surface area contributed by atoms with Crippen LogP contribution in [0.25, 0.3) is 10.2 Å². The van der Waals surface area contributed by atoms with Gasteiger partial charge in [0.2, 0.25) is 5.88 Å². The van der Waals surface area contributed by atoms with Gasteiger partial charge in [-0.15, -0.1) is 11.3 Å². The minimum atomic E-state index is -0.407. The summed E-state index contributed by atoms with van der Waals surface area (Å²) in [4.78, 5) is 25.1. The molecule has 3 rings (SSSR count). The molecule has 22 heavy (non-hydrogen) atoms. The maximum absolute atomic E-state index is 11.8. The third-order valence-corrected chi connectivity index (χ3v) is 4.32. The molecule has 0 unspecified atom stereocenters. The minimum absolute atomic E-state index is 0.129. The van der Waals surface area contributed by atoms with Crippen LogP contribution in [0.5, 0.6) is 5.88 Å². The Bertz CT molecular complexity index is 862. The molecule has 3 aromatic rings. The minimum Gasteiger partial charge on any atom is -0.492 e. The van der Waals surface area contributed by atoms with Crippen LogP contribution in [0.3, 0.4) is 0 Å². The van der Waals surface area contributed by atoms with E-state index in [0.717, 1.165) is 10.9 Å². The lowest BCUT2D eigenvalue weighted by molar-refractivity contribution is 0.0605. The number of aromatic nitrogens is 3. The zero-order valence-corrected chi connectivity index (χ0v) is 12.6. The van der Waals surface area contributed by atoms with Crippen LogP contribution in [0, 0.1) is 6.92 Å². The number of esters is 1. The number of carbonyl (C=O) groups is 1. The molecule has 0 spiro atoms. The lowest BCUT2D eigenvalue weighted by Crippen LogP contribution is -2.00. The Morgan fingerprint density at radius 2 is 2.18 bits per heavy atom. The molecular weight excluding hydrogens is 304 g/mol. The molecule has 7 nitrogen and oxygen atoms in total. The van der Waals surface area contributed by atoms with Crippen molar-refractivity contribution in [1.82, 2.24) is 15.0 Å². The predicted octanol–water partition coefficient (Wildman–Crippen LogP) is 2.63. The number of nitrogens with one attached hydrogen (secondary N) is 1. The largest absolute Gasteiger partial charge is 0.492 e. The van der Waals surface area contributed by atoms with Crippen molar-refractivity contribution in [3.63, 3.8) is 0 Å². The molecule has 8 heteroatoms. The Morgan fingerprint density at radius 3 is 2.91 bits per heavy atom. The lowest BCUT2D eigenvalue weighted by atomic mass is 10.2. The number of rotatable bonds is 3. The van der Waals surface area contributed by atoms with E-state index in [9.17, 15) is 9.90 Å². The quantitative estimate of drug-likeness (QED) is 0.717. The van der Waals surface area contributed by atoms with E-state index in [2.05, 4.69) is 20.3 Å². The highest BCUT2D eigenvalue weighted by Crippen LogP contribution is 2.35. The van der Waals surface area contributed by atoms with Crippen molar-refractivity contribution in [1.29, 1.82) is 0 Å². The predicted molar refractivity (Wildman–Crippen MR) is 82.7 cm³/mol. The van der Waals surface area contributed by atoms with Gasteiger partial charge in [0.05, 0.1) is 12.5 Å². The monoisotopic (exact) mass is 316 g/mol. The van der Waals surface area contributed by atoms with E-state index < -0.39 is 5.97 Å². The highest BCUT2D eigenvalue weighted by molar-refractivity contribution is 7.20. The maximum atomic E-state index is 11.8. The fraction of sp³-hybridized carbons (Fsp3) is 0.143. The number of ether oxygens (including phenoxy) is 1. The van der Waals surface area contributed by atoms with Gasteiger partial charge in [-0.05, 0) is 24.6 Å². The number of thiophene rings is 1. The van der Waals surface area contributed by atoms with Gasteiger partial charge < -0.3 is 15.2 Å². The van der Waals surface area contributed by atoms with Crippen LogP contribution >= 0.6 is 11.3 Å². The molecule has 0 fully saturated rings. The van der Waals surface area contributed by atoms with Crippen molar-refractivity contribution in [3.8, 4) is 5.88 Å². The Balaban J connectivity index is 2.13. The Morgan fingerprint density at radius 1 is 1.36 bits per heavy atom. The van der Waals surface area contributed by atoms with Gasteiger partial charge in [0.1, 0.15) is 27.5 Å². The number of carbonyl (C=O) groups excluding carboxylic acids is 1. The van der Waals surface area contributed by atoms with Crippen molar-refractivity contribution in [2.75, 3.05) is 12.4 Å². The first kappa shape index (κ1) is 14.2. The first-order valence-corrected chi connectivity index (χ1v) is 7.17. The molecule has 0 aliphatic carbocycles. The molecule has 3 heterocycles. The van der Waals surface area contributed by atoms with Gasteiger partial charge >= 0.3 is 5.97 Å². The zero-order chi connectivity index (χ0) is 15.7. The number of anilines is 2. The normalized spacial score (nSPS) is 10.6. The molecule has 0 aliphatic rings. The Kier molecular flexibility index (Phi) is 3.60. The van der Waals surface area contributed by atoms with E-state index in [4.69, 9.17) is 4.74 Å². The molecule has 0 atom stereocenters. The fourth-order valence-corrected chi connectivity index (χ4v) is 3.14. The molecule has 0 saturated carbocycles. The second-order valence-electron chi connectivity index (χ2n) is 4.45. The molecule has 0 saturated heterocycles. The highest BCUT2D eigenvalue weighted by atomic mass is 32.1. The van der Waals surface area contributed by atoms with Crippen molar-refractivity contribution in [2.24, 2.45) is 0 Å². The van der Waals surface area contributed by atoms with Crippen LogP contribution in [0.4, 0.5) is 11.5 Å². The summed E-state index contributed by atoms with van der Waals surface area (Å²) in [6, 6.07) is 3.37. The zero-order valence-electron chi connectivity index (χ0n) is 11.8. The number of aryl methyl sites for hydroxylation is 1. The van der Waals surface area contributed by atoms with Gasteiger partial charge in [-0.1, -0.05) is 0 Å². The third-order valence-electron chi connectivity index (χ3n) is 3.14. The van der Waals surface area contributed by atoms with Gasteiger partial charge in [0.25, 0.3) is 0 Å². The first-order chi connectivity index (χ1) is 10.6. The highest BCUT2D eigenvalue weighted by Gasteiger charge is 2.20. The SMILES string of the molecule is COC(=O)c1sc2ncnc(Nc3cccnc3O)c2c1C. The summed E-state index contributed by atoms with van der Waals surface area (Å²) in [6.45, 7) is 1.81. The van der Waals surface area contributed by atoms with E-state index in [1.165, 1.54) is 31.0 Å². The van der Waals surface area contributed by atoms with Gasteiger partial charge in [0, 0.05) is 6.20 Å². The fourth-order valence-electron chi connectivity index (χ4n) is 2.08. The lowest BCUT2D eigenvalue weighted by Gasteiger charge is -2.08. The second-order valence-corrected chi connectivity index (χ2v) is 5.45. The molecule has 2 N–H and O–H groups in total. The summed E-state index contributed by atoms with van der Waals surface area (Å²) >= 11 is 1.24. The van der Waals surface area contributed by atoms with Crippen LogP contribution < -0.4 is 5.32 Å². The number of methoxy groups -OCH3 is 1. The number of pyridine rings is 1. The van der Waals surface area contributed by atoms with Crippen LogP contribution in [0.2, 0.25) is 0 Å². The number of aromatic hydroxyl groups is 1. The third kappa shape index (κ3) is 2.33. The van der Waals surface area contributed by atoms with E-state index in [1.807, 2.05) is 6.92 Å². The number of hydrogen-bond acceptors (Lipinski definition) is 8. The van der Waals surface area contributed by atoms with Gasteiger partial charge in [0.15, 0.2) is 0 Å². The smallest absolute Gasteiger partial charge is 0.348 e. The molecule has 112 valence electrons. The van der Waals surface area contributed by atoms with Gasteiger partial charge in [-0.3, -0.25) is 0 Å². The Labute approximate surface area is 129 Å². The molecule has 0 aliphatic heterocycles. The summed E-state index contributed by atoms with van der Waals surface area (Å²) in [6.07, 6.45) is 2.89. The van der Waals surface area contributed by atoms with E-state index in [0.29, 0.717) is 21.2 Å². The summed E-state index contributed by atoms with van der Waals surface area (Å²) in [5.41, 5.74) is 1.16. The number of fused-ring (bicyclic) bond motifs is 1. The van der Waals surface area contributed by atoms with Crippen molar-refractivity contribution < 1.29 is 14.6 Å². The van der Waals surface area contributed by atoms with Crippen LogP contribution in [0.15, 0.2) is 24.7 Å². The average Bonchev–Trinajstić information content (AvgIpc) is 2.87. The molecule has 3 aromatic heterocycles. The van der Waals surface area contributed by atoms with E-state index in [-0.39, 0.29) is 5.88 Å². The summed E-state index contributed by atoms with van der Waals surface area (Å²) in [7, 11) is 1.34. The van der Waals surface area contributed by atoms with E-state index in [1.54, 1.807) is 12.1 Å². The average molecular weight is 316 g/mol. The van der Waals surface area contributed by atoms with Crippen LogP contribution in [-0.2, 0) is 4.74 Å². The summed E-state index contributed by atoms with van der Waals surface area (Å²) in [5.74, 6) is -0.0387. The summed E-state index contributed by atoms with van der Waals surface area (Å²) < 4.78 is 4.78. The van der Waals surface area contributed by atoms with Gasteiger partial charge in [-0.25, -0.2) is 19.7 Å². The van der Waals surface area contributed by atoms with Crippen molar-refractivity contribution in [3.05, 3.63) is 35.1 Å². The van der Waals surface area contributed by atoms with Crippen LogP contribution in [0.1, 0.15) is 15.2 Å². The molecule has 0 bridgehead atoms. The van der Waals surface area contributed by atoms with Crippen molar-refractivity contribution >= 4 is 39.0 Å². The first-order valence-electron chi connectivity index (χ1n) is 6.35. The second kappa shape index (κ2) is 5.57. The summed E-state index contributed by atoms with van der Waals surface area (Å²) in [5, 5.41) is 13.5. The van der Waals surface area contributed by atoms with Crippen LogP contribution in [-0.4, -0.2) is 33.1 Å².